The monoisotopic (exact) mass is 529 g/mol. The molecule has 5 aromatic carbocycles. The second kappa shape index (κ2) is 10.4. The van der Waals surface area contributed by atoms with Crippen molar-refractivity contribution in [2.45, 2.75) is 0 Å². The molecule has 0 unspecified atom stereocenters. The fourth-order valence-corrected chi connectivity index (χ4v) is 4.85. The van der Waals surface area contributed by atoms with Crippen molar-refractivity contribution in [2.75, 3.05) is 0 Å². The average Bonchev–Trinajstić information content (AvgIpc) is 3.06. The van der Waals surface area contributed by atoms with E-state index in [-0.39, 0.29) is 5.56 Å². The number of para-hydroxylation sites is 1. The Morgan fingerprint density at radius 2 is 0.854 bits per heavy atom. The Balaban J connectivity index is 1.37. The van der Waals surface area contributed by atoms with Crippen molar-refractivity contribution in [2.24, 2.45) is 0 Å². The molecule has 0 atom stereocenters. The Bertz CT molecular complexity index is 1980. The summed E-state index contributed by atoms with van der Waals surface area (Å²) < 4.78 is 1.67. The zero-order chi connectivity index (χ0) is 27.6. The first-order valence-corrected chi connectivity index (χ1v) is 13.3. The second-order valence-electron chi connectivity index (χ2n) is 9.54. The quantitative estimate of drug-likeness (QED) is 0.235. The molecule has 0 saturated carbocycles. The summed E-state index contributed by atoms with van der Waals surface area (Å²) in [5.41, 5.74) is 4.73. The predicted octanol–water partition coefficient (Wildman–Crippen LogP) is 7.24. The highest BCUT2D eigenvalue weighted by Gasteiger charge is 2.16. The third-order valence-corrected chi connectivity index (χ3v) is 6.89. The highest BCUT2D eigenvalue weighted by atomic mass is 16.1. The molecule has 0 spiro atoms. The van der Waals surface area contributed by atoms with Crippen LogP contribution in [0.4, 0.5) is 0 Å². The van der Waals surface area contributed by atoms with Gasteiger partial charge in [0.05, 0.1) is 16.6 Å². The number of rotatable bonds is 5. The van der Waals surface area contributed by atoms with Crippen LogP contribution in [0.2, 0.25) is 0 Å². The lowest BCUT2D eigenvalue weighted by molar-refractivity contribution is 0.975. The molecule has 0 aliphatic carbocycles. The van der Waals surface area contributed by atoms with Crippen molar-refractivity contribution in [1.29, 1.82) is 0 Å². The first-order chi connectivity index (χ1) is 20.2. The number of aromatic nitrogens is 5. The average molecular weight is 530 g/mol. The van der Waals surface area contributed by atoms with Gasteiger partial charge in [-0.1, -0.05) is 103 Å². The molecule has 0 N–H and O–H groups in total. The zero-order valence-corrected chi connectivity index (χ0v) is 21.9. The summed E-state index contributed by atoms with van der Waals surface area (Å²) in [6.07, 6.45) is 0. The topological polar surface area (TPSA) is 73.6 Å². The van der Waals surface area contributed by atoms with E-state index in [1.807, 2.05) is 140 Å². The molecule has 7 rings (SSSR count). The van der Waals surface area contributed by atoms with Crippen molar-refractivity contribution >= 4 is 10.9 Å². The maximum absolute atomic E-state index is 13.8. The molecule has 0 radical (unpaired) electrons. The van der Waals surface area contributed by atoms with Crippen LogP contribution in [0.5, 0.6) is 0 Å². The Morgan fingerprint density at radius 1 is 0.415 bits per heavy atom. The molecular formula is C35H23N5O. The van der Waals surface area contributed by atoms with Gasteiger partial charge < -0.3 is 0 Å². The number of fused-ring (bicyclic) bond motifs is 1. The van der Waals surface area contributed by atoms with Crippen LogP contribution in [0.25, 0.3) is 62.1 Å². The number of benzene rings is 5. The molecule has 0 aliphatic heterocycles. The molecule has 2 aromatic heterocycles. The van der Waals surface area contributed by atoms with E-state index in [1.165, 1.54) is 0 Å². The minimum Gasteiger partial charge on any atom is -0.268 e. The first kappa shape index (κ1) is 24.3. The highest BCUT2D eigenvalue weighted by molar-refractivity contribution is 5.80. The Kier molecular flexibility index (Phi) is 6.18. The molecule has 0 amide bonds. The number of nitrogens with zero attached hydrogens (tertiary/aromatic N) is 5. The fraction of sp³-hybridized carbons (Fsp3) is 0. The van der Waals surface area contributed by atoms with E-state index in [0.717, 1.165) is 22.3 Å². The lowest BCUT2D eigenvalue weighted by Crippen LogP contribution is -2.21. The summed E-state index contributed by atoms with van der Waals surface area (Å²) in [4.78, 5) is 33.1. The molecule has 0 aliphatic rings. The van der Waals surface area contributed by atoms with E-state index >= 15 is 0 Å². The van der Waals surface area contributed by atoms with Gasteiger partial charge in [-0.25, -0.2) is 19.9 Å². The van der Waals surface area contributed by atoms with Crippen molar-refractivity contribution in [3.8, 4) is 51.2 Å². The summed E-state index contributed by atoms with van der Waals surface area (Å²) in [6, 6.07) is 44.6. The van der Waals surface area contributed by atoms with Crippen molar-refractivity contribution in [3.63, 3.8) is 0 Å². The van der Waals surface area contributed by atoms with E-state index in [4.69, 9.17) is 19.9 Å². The van der Waals surface area contributed by atoms with Crippen LogP contribution in [-0.2, 0) is 0 Å². The van der Waals surface area contributed by atoms with Gasteiger partial charge in [0.2, 0.25) is 0 Å². The predicted molar refractivity (Wildman–Crippen MR) is 162 cm³/mol. The van der Waals surface area contributed by atoms with Crippen molar-refractivity contribution in [3.05, 3.63) is 150 Å². The molecule has 6 nitrogen and oxygen atoms in total. The summed E-state index contributed by atoms with van der Waals surface area (Å²) in [7, 11) is 0. The smallest absolute Gasteiger partial charge is 0.266 e. The number of hydrogen-bond donors (Lipinski definition) is 0. The summed E-state index contributed by atoms with van der Waals surface area (Å²) in [5.74, 6) is 2.33. The highest BCUT2D eigenvalue weighted by Crippen LogP contribution is 2.27. The van der Waals surface area contributed by atoms with Gasteiger partial charge in [-0.15, -0.1) is 0 Å². The van der Waals surface area contributed by atoms with Crippen molar-refractivity contribution < 1.29 is 0 Å². The second-order valence-corrected chi connectivity index (χ2v) is 9.54. The zero-order valence-electron chi connectivity index (χ0n) is 21.9. The van der Waals surface area contributed by atoms with Crippen LogP contribution < -0.4 is 5.56 Å². The molecule has 41 heavy (non-hydrogen) atoms. The van der Waals surface area contributed by atoms with E-state index in [1.54, 1.807) is 4.57 Å². The first-order valence-electron chi connectivity index (χ1n) is 13.3. The van der Waals surface area contributed by atoms with Gasteiger partial charge in [-0.3, -0.25) is 9.36 Å². The lowest BCUT2D eigenvalue weighted by Gasteiger charge is -2.14. The Hall–Kier alpha value is -5.75. The maximum atomic E-state index is 13.8. The molecular weight excluding hydrogens is 506 g/mol. The van der Waals surface area contributed by atoms with Gasteiger partial charge in [-0.2, -0.15) is 0 Å². The van der Waals surface area contributed by atoms with E-state index in [2.05, 4.69) is 0 Å². The number of hydrogen-bond acceptors (Lipinski definition) is 5. The van der Waals surface area contributed by atoms with Gasteiger partial charge in [0.25, 0.3) is 5.56 Å². The Labute approximate surface area is 236 Å². The van der Waals surface area contributed by atoms with E-state index in [0.29, 0.717) is 39.9 Å². The van der Waals surface area contributed by atoms with Gasteiger partial charge in [0, 0.05) is 22.3 Å². The molecule has 0 bridgehead atoms. The molecule has 6 heteroatoms. The largest absolute Gasteiger partial charge is 0.268 e. The van der Waals surface area contributed by atoms with Crippen LogP contribution in [0.1, 0.15) is 0 Å². The molecule has 0 fully saturated rings. The summed E-state index contributed by atoms with van der Waals surface area (Å²) in [5, 5.41) is 0.564. The van der Waals surface area contributed by atoms with Gasteiger partial charge in [-0.05, 0) is 36.4 Å². The molecule has 0 saturated heterocycles. The normalized spacial score (nSPS) is 11.0. The summed E-state index contributed by atoms with van der Waals surface area (Å²) in [6.45, 7) is 0. The molecule has 2 heterocycles. The van der Waals surface area contributed by atoms with Gasteiger partial charge >= 0.3 is 0 Å². The molecule has 7 aromatic rings. The summed E-state index contributed by atoms with van der Waals surface area (Å²) >= 11 is 0. The standard InChI is InChI=1S/C35H23N5O/c41-35-29-18-10-11-19-30(29)36-34(27-16-8-3-9-17-27)40(35)28-22-20-26(21-23-28)33-38-31(24-12-4-1-5-13-24)37-32(39-33)25-14-6-2-7-15-25/h1-23H. The van der Waals surface area contributed by atoms with Crippen LogP contribution in [0, 0.1) is 0 Å². The van der Waals surface area contributed by atoms with E-state index < -0.39 is 0 Å². The van der Waals surface area contributed by atoms with Crippen LogP contribution >= 0.6 is 0 Å². The lowest BCUT2D eigenvalue weighted by atomic mass is 10.1. The minimum absolute atomic E-state index is 0.125. The van der Waals surface area contributed by atoms with Gasteiger partial charge in [0.15, 0.2) is 17.5 Å². The van der Waals surface area contributed by atoms with Crippen molar-refractivity contribution in [1.82, 2.24) is 24.5 Å². The van der Waals surface area contributed by atoms with Crippen LogP contribution in [0.3, 0.4) is 0 Å². The van der Waals surface area contributed by atoms with Crippen LogP contribution in [0.15, 0.2) is 144 Å². The SMILES string of the molecule is O=c1c2ccccc2nc(-c2ccccc2)n1-c1ccc(-c2nc(-c3ccccc3)nc(-c3ccccc3)n2)cc1. The van der Waals surface area contributed by atoms with E-state index in [9.17, 15) is 4.79 Å². The van der Waals surface area contributed by atoms with Crippen LogP contribution in [-0.4, -0.2) is 24.5 Å². The third kappa shape index (κ3) is 4.68. The minimum atomic E-state index is -0.125. The molecule has 194 valence electrons. The van der Waals surface area contributed by atoms with Gasteiger partial charge in [0.1, 0.15) is 5.82 Å². The Morgan fingerprint density at radius 3 is 1.39 bits per heavy atom. The fourth-order valence-electron chi connectivity index (χ4n) is 4.85. The maximum Gasteiger partial charge on any atom is 0.266 e. The third-order valence-electron chi connectivity index (χ3n) is 6.89.